The summed E-state index contributed by atoms with van der Waals surface area (Å²) in [7, 11) is 0. The van der Waals surface area contributed by atoms with Crippen molar-refractivity contribution in [1.29, 1.82) is 5.26 Å². The lowest BCUT2D eigenvalue weighted by molar-refractivity contribution is -0.117. The van der Waals surface area contributed by atoms with Gasteiger partial charge in [-0.05, 0) is 73.2 Å². The van der Waals surface area contributed by atoms with Crippen LogP contribution in [0.2, 0.25) is 0 Å². The Morgan fingerprint density at radius 2 is 1.92 bits per heavy atom. The predicted octanol–water partition coefficient (Wildman–Crippen LogP) is 4.12. The fourth-order valence-electron chi connectivity index (χ4n) is 2.89. The molecular formula is C20H18N2O3S. The van der Waals surface area contributed by atoms with Crippen LogP contribution in [-0.2, 0) is 17.6 Å². The number of aryl methyl sites for hydroxylation is 3. The number of nitrogens with zero attached hydrogens (tertiary/aromatic N) is 1. The highest BCUT2D eigenvalue weighted by Crippen LogP contribution is 2.30. The Balaban J connectivity index is 0.000000236. The summed E-state index contributed by atoms with van der Waals surface area (Å²) < 4.78 is 5.92. The van der Waals surface area contributed by atoms with Gasteiger partial charge in [-0.1, -0.05) is 17.8 Å². The van der Waals surface area contributed by atoms with Crippen LogP contribution < -0.4 is 10.1 Å². The third kappa shape index (κ3) is 4.44. The molecule has 5 nitrogen and oxygen atoms in total. The van der Waals surface area contributed by atoms with E-state index in [1.807, 2.05) is 25.1 Å². The van der Waals surface area contributed by atoms with E-state index < -0.39 is 0 Å². The number of fused-ring (bicyclic) bond motifs is 1. The van der Waals surface area contributed by atoms with Crippen LogP contribution in [0.25, 0.3) is 0 Å². The highest BCUT2D eigenvalue weighted by atomic mass is 32.2. The van der Waals surface area contributed by atoms with E-state index in [0.717, 1.165) is 35.2 Å². The van der Waals surface area contributed by atoms with Crippen molar-refractivity contribution in [2.45, 2.75) is 26.2 Å². The molecule has 0 radical (unpaired) electrons. The average Bonchev–Trinajstić information content (AvgIpc) is 3.25. The van der Waals surface area contributed by atoms with Gasteiger partial charge in [0.2, 0.25) is 5.91 Å². The first kappa shape index (κ1) is 18.0. The standard InChI is InChI=1S/C17H15NO.C3H3NO2S/c1-12-9-13(11-18)5-8-17(12)19-16-7-6-14-3-2-4-15(14)10-16;5-2-1-7-3(6)4-2/h5-10H,2-4H2,1H3;1H2,(H,4,5,6). The molecule has 4 rings (SSSR count). The monoisotopic (exact) mass is 366 g/mol. The number of nitriles is 1. The van der Waals surface area contributed by atoms with E-state index in [4.69, 9.17) is 10.00 Å². The molecule has 0 bridgehead atoms. The fraction of sp³-hybridized carbons (Fsp3) is 0.250. The zero-order valence-electron chi connectivity index (χ0n) is 14.4. The minimum atomic E-state index is -0.231. The Kier molecular flexibility index (Phi) is 5.59. The fourth-order valence-corrected chi connectivity index (χ4v) is 3.41. The van der Waals surface area contributed by atoms with E-state index in [9.17, 15) is 9.59 Å². The molecule has 0 aromatic heterocycles. The molecule has 2 aromatic carbocycles. The number of carbonyl (C=O) groups excluding carboxylic acids is 2. The highest BCUT2D eigenvalue weighted by Gasteiger charge is 2.16. The average molecular weight is 366 g/mol. The number of rotatable bonds is 2. The molecule has 1 aliphatic heterocycles. The molecule has 2 aliphatic rings. The van der Waals surface area contributed by atoms with E-state index >= 15 is 0 Å². The second kappa shape index (κ2) is 8.07. The van der Waals surface area contributed by atoms with Crippen molar-refractivity contribution < 1.29 is 14.3 Å². The summed E-state index contributed by atoms with van der Waals surface area (Å²) in [6, 6.07) is 14.0. The summed E-state index contributed by atoms with van der Waals surface area (Å²) in [5.41, 5.74) is 4.51. The van der Waals surface area contributed by atoms with Crippen molar-refractivity contribution in [2.75, 3.05) is 5.75 Å². The van der Waals surface area contributed by atoms with Crippen molar-refractivity contribution in [3.8, 4) is 17.6 Å². The lowest BCUT2D eigenvalue weighted by atomic mass is 10.1. The van der Waals surface area contributed by atoms with Gasteiger partial charge in [0, 0.05) is 0 Å². The number of ether oxygens (including phenoxy) is 1. The van der Waals surface area contributed by atoms with Crippen molar-refractivity contribution in [3.63, 3.8) is 0 Å². The molecule has 2 amide bonds. The van der Waals surface area contributed by atoms with Gasteiger partial charge < -0.3 is 4.74 Å². The Labute approximate surface area is 156 Å². The number of carbonyl (C=O) groups is 2. The van der Waals surface area contributed by atoms with E-state index in [1.165, 1.54) is 24.0 Å². The van der Waals surface area contributed by atoms with Crippen molar-refractivity contribution >= 4 is 22.9 Å². The van der Waals surface area contributed by atoms with Crippen LogP contribution in [0.1, 0.15) is 28.7 Å². The quantitative estimate of drug-likeness (QED) is 0.865. The van der Waals surface area contributed by atoms with Gasteiger partial charge in [0.25, 0.3) is 5.24 Å². The number of hydrogen-bond donors (Lipinski definition) is 1. The molecule has 132 valence electrons. The maximum Gasteiger partial charge on any atom is 0.286 e. The SMILES string of the molecule is Cc1cc(C#N)ccc1Oc1ccc2c(c1)CCC2.O=C1CSC(=O)N1. The first-order valence-electron chi connectivity index (χ1n) is 8.32. The lowest BCUT2D eigenvalue weighted by Gasteiger charge is -2.10. The zero-order chi connectivity index (χ0) is 18.5. The van der Waals surface area contributed by atoms with Crippen LogP contribution in [0.15, 0.2) is 36.4 Å². The lowest BCUT2D eigenvalue weighted by Crippen LogP contribution is -2.18. The number of amides is 2. The summed E-state index contributed by atoms with van der Waals surface area (Å²) in [4.78, 5) is 20.2. The van der Waals surface area contributed by atoms with Gasteiger partial charge in [-0.3, -0.25) is 14.9 Å². The van der Waals surface area contributed by atoms with Crippen LogP contribution in [0.4, 0.5) is 4.79 Å². The topological polar surface area (TPSA) is 79.2 Å². The van der Waals surface area contributed by atoms with E-state index in [-0.39, 0.29) is 11.1 Å². The van der Waals surface area contributed by atoms with Crippen LogP contribution in [0, 0.1) is 18.3 Å². The summed E-state index contributed by atoms with van der Waals surface area (Å²) in [6.45, 7) is 1.96. The maximum absolute atomic E-state index is 10.1. The van der Waals surface area contributed by atoms with Crippen molar-refractivity contribution in [3.05, 3.63) is 58.7 Å². The van der Waals surface area contributed by atoms with E-state index in [2.05, 4.69) is 23.5 Å². The maximum atomic E-state index is 10.1. The summed E-state index contributed by atoms with van der Waals surface area (Å²) in [5, 5.41) is 10.7. The van der Waals surface area contributed by atoms with Gasteiger partial charge in [-0.15, -0.1) is 0 Å². The van der Waals surface area contributed by atoms with Crippen LogP contribution in [0.5, 0.6) is 11.5 Å². The number of nitrogens with one attached hydrogen (secondary N) is 1. The zero-order valence-corrected chi connectivity index (χ0v) is 15.2. The number of hydrogen-bond acceptors (Lipinski definition) is 5. The number of benzene rings is 2. The van der Waals surface area contributed by atoms with E-state index in [1.54, 1.807) is 6.07 Å². The number of imide groups is 1. The molecule has 1 aliphatic carbocycles. The normalized spacial score (nSPS) is 14.8. The summed E-state index contributed by atoms with van der Waals surface area (Å²) in [5.74, 6) is 1.80. The molecule has 1 fully saturated rings. The molecule has 2 aromatic rings. The van der Waals surface area contributed by atoms with Crippen LogP contribution >= 0.6 is 11.8 Å². The minimum Gasteiger partial charge on any atom is -0.457 e. The summed E-state index contributed by atoms with van der Waals surface area (Å²) in [6.07, 6.45) is 3.58. The Morgan fingerprint density at radius 1 is 1.12 bits per heavy atom. The van der Waals surface area contributed by atoms with Gasteiger partial charge in [0.15, 0.2) is 0 Å². The highest BCUT2D eigenvalue weighted by molar-refractivity contribution is 8.14. The minimum absolute atomic E-state index is 0.185. The van der Waals surface area contributed by atoms with Gasteiger partial charge >= 0.3 is 0 Å². The smallest absolute Gasteiger partial charge is 0.286 e. The summed E-state index contributed by atoms with van der Waals surface area (Å²) >= 11 is 1.01. The molecule has 0 atom stereocenters. The first-order valence-corrected chi connectivity index (χ1v) is 9.31. The van der Waals surface area contributed by atoms with Gasteiger partial charge in [0.1, 0.15) is 11.5 Å². The molecular weight excluding hydrogens is 348 g/mol. The van der Waals surface area contributed by atoms with Crippen LogP contribution in [-0.4, -0.2) is 16.9 Å². The third-order valence-electron chi connectivity index (χ3n) is 4.18. The van der Waals surface area contributed by atoms with Gasteiger partial charge in [0.05, 0.1) is 17.4 Å². The molecule has 0 unspecified atom stereocenters. The molecule has 0 spiro atoms. The van der Waals surface area contributed by atoms with Gasteiger partial charge in [-0.2, -0.15) is 5.26 Å². The first-order chi connectivity index (χ1) is 12.5. The molecule has 1 saturated heterocycles. The van der Waals surface area contributed by atoms with Crippen molar-refractivity contribution in [2.24, 2.45) is 0 Å². The number of thioether (sulfide) groups is 1. The Hall–Kier alpha value is -2.78. The predicted molar refractivity (Wildman–Crippen MR) is 100 cm³/mol. The van der Waals surface area contributed by atoms with Crippen LogP contribution in [0.3, 0.4) is 0 Å². The second-order valence-electron chi connectivity index (χ2n) is 6.10. The molecule has 0 saturated carbocycles. The third-order valence-corrected chi connectivity index (χ3v) is 4.95. The van der Waals surface area contributed by atoms with Gasteiger partial charge in [-0.25, -0.2) is 0 Å². The Bertz CT molecular complexity index is 888. The second-order valence-corrected chi connectivity index (χ2v) is 7.05. The van der Waals surface area contributed by atoms with E-state index in [0.29, 0.717) is 11.3 Å². The molecule has 6 heteroatoms. The largest absolute Gasteiger partial charge is 0.457 e. The molecule has 1 heterocycles. The molecule has 26 heavy (non-hydrogen) atoms. The van der Waals surface area contributed by atoms with Crippen molar-refractivity contribution in [1.82, 2.24) is 5.32 Å². The Morgan fingerprint density at radius 3 is 2.54 bits per heavy atom. The molecule has 1 N–H and O–H groups in total.